The highest BCUT2D eigenvalue weighted by Gasteiger charge is 2.34. The number of alkyl halides is 3. The van der Waals surface area contributed by atoms with Gasteiger partial charge in [0.2, 0.25) is 5.91 Å². The molecule has 0 saturated heterocycles. The second kappa shape index (κ2) is 7.04. The predicted octanol–water partition coefficient (Wildman–Crippen LogP) is 3.02. The van der Waals surface area contributed by atoms with E-state index in [-0.39, 0.29) is 5.56 Å². The van der Waals surface area contributed by atoms with Gasteiger partial charge in [-0.2, -0.15) is 13.2 Å². The van der Waals surface area contributed by atoms with Crippen LogP contribution in [0.2, 0.25) is 0 Å². The molecule has 0 saturated carbocycles. The lowest BCUT2D eigenvalue weighted by molar-refractivity contribution is -0.139. The number of hydrogen-bond acceptors (Lipinski definition) is 2. The van der Waals surface area contributed by atoms with Gasteiger partial charge >= 0.3 is 6.18 Å². The van der Waals surface area contributed by atoms with E-state index in [0.717, 1.165) is 24.4 Å². The number of rotatable bonds is 4. The van der Waals surface area contributed by atoms with Crippen molar-refractivity contribution >= 4 is 5.91 Å². The Morgan fingerprint density at radius 2 is 1.88 bits per heavy atom. The summed E-state index contributed by atoms with van der Waals surface area (Å²) >= 11 is 0. The number of nitrogens with one attached hydrogen (secondary N) is 1. The molecule has 0 aliphatic carbocycles. The normalized spacial score (nSPS) is 12.7. The van der Waals surface area contributed by atoms with E-state index in [4.69, 9.17) is 0 Å². The van der Waals surface area contributed by atoms with E-state index in [1.807, 2.05) is 0 Å². The van der Waals surface area contributed by atoms with Gasteiger partial charge in [-0.1, -0.05) is 6.07 Å². The summed E-state index contributed by atoms with van der Waals surface area (Å²) in [7, 11) is 0. The largest absolute Gasteiger partial charge is 0.421 e. The number of pyridine rings is 1. The Kier molecular flexibility index (Phi) is 5.24. The predicted molar refractivity (Wildman–Crippen MR) is 78.6 cm³/mol. The summed E-state index contributed by atoms with van der Waals surface area (Å²) in [5.41, 5.74) is -2.45. The summed E-state index contributed by atoms with van der Waals surface area (Å²) < 4.78 is 64.8. The van der Waals surface area contributed by atoms with Crippen LogP contribution in [0.15, 0.2) is 41.3 Å². The van der Waals surface area contributed by atoms with Gasteiger partial charge in [0.1, 0.15) is 12.1 Å². The Bertz CT molecular complexity index is 845. The molecule has 1 unspecified atom stereocenters. The van der Waals surface area contributed by atoms with Crippen LogP contribution in [-0.2, 0) is 17.5 Å². The average Bonchev–Trinajstić information content (AvgIpc) is 2.50. The highest BCUT2D eigenvalue weighted by Crippen LogP contribution is 2.26. The third-order valence-corrected chi connectivity index (χ3v) is 3.46. The fourth-order valence-electron chi connectivity index (χ4n) is 2.18. The van der Waals surface area contributed by atoms with Crippen LogP contribution in [-0.4, -0.2) is 10.5 Å². The van der Waals surface area contributed by atoms with Crippen molar-refractivity contribution in [1.29, 1.82) is 0 Å². The van der Waals surface area contributed by atoms with Crippen molar-refractivity contribution in [3.8, 4) is 0 Å². The second-order valence-electron chi connectivity index (χ2n) is 5.32. The van der Waals surface area contributed by atoms with E-state index in [9.17, 15) is 31.5 Å². The summed E-state index contributed by atoms with van der Waals surface area (Å²) in [6.45, 7) is 0.844. The minimum Gasteiger partial charge on any atom is -0.348 e. The first-order valence-corrected chi connectivity index (χ1v) is 7.10. The number of nitrogens with zero attached hydrogens (tertiary/aromatic N) is 1. The lowest BCUT2D eigenvalue weighted by Gasteiger charge is -2.16. The summed E-state index contributed by atoms with van der Waals surface area (Å²) in [6.07, 6.45) is -3.77. The van der Waals surface area contributed by atoms with E-state index < -0.39 is 47.4 Å². The molecule has 0 aliphatic rings. The molecule has 0 spiro atoms. The smallest absolute Gasteiger partial charge is 0.348 e. The zero-order chi connectivity index (χ0) is 18.8. The number of aromatic nitrogens is 1. The maximum atomic E-state index is 13.2. The van der Waals surface area contributed by atoms with Gasteiger partial charge in [-0.3, -0.25) is 9.59 Å². The van der Waals surface area contributed by atoms with Crippen LogP contribution in [0.25, 0.3) is 0 Å². The topological polar surface area (TPSA) is 51.1 Å². The molecule has 134 valence electrons. The number of hydrogen-bond donors (Lipinski definition) is 1. The number of carbonyl (C=O) groups excluding carboxylic acids is 1. The van der Waals surface area contributed by atoms with Crippen molar-refractivity contribution in [3.63, 3.8) is 0 Å². The van der Waals surface area contributed by atoms with Crippen molar-refractivity contribution in [2.75, 3.05) is 0 Å². The third-order valence-electron chi connectivity index (χ3n) is 3.46. The molecule has 0 bridgehead atoms. The monoisotopic (exact) mass is 360 g/mol. The van der Waals surface area contributed by atoms with E-state index in [1.165, 1.54) is 13.0 Å². The summed E-state index contributed by atoms with van der Waals surface area (Å²) in [4.78, 5) is 23.7. The van der Waals surface area contributed by atoms with Gasteiger partial charge < -0.3 is 9.88 Å². The van der Waals surface area contributed by atoms with Crippen LogP contribution in [0.5, 0.6) is 0 Å². The molecule has 1 atom stereocenters. The Balaban J connectivity index is 2.12. The highest BCUT2D eigenvalue weighted by atomic mass is 19.4. The first kappa shape index (κ1) is 18.6. The first-order valence-electron chi connectivity index (χ1n) is 7.10. The maximum Gasteiger partial charge on any atom is 0.421 e. The number of amides is 1. The van der Waals surface area contributed by atoms with Gasteiger partial charge in [0.15, 0.2) is 11.6 Å². The summed E-state index contributed by atoms with van der Waals surface area (Å²) in [5, 5.41) is 2.41. The molecule has 1 N–H and O–H groups in total. The molecular weight excluding hydrogens is 347 g/mol. The minimum absolute atomic E-state index is 0.267. The van der Waals surface area contributed by atoms with Crippen molar-refractivity contribution in [2.24, 2.45) is 0 Å². The van der Waals surface area contributed by atoms with E-state index in [0.29, 0.717) is 10.6 Å². The Hall–Kier alpha value is -2.71. The van der Waals surface area contributed by atoms with Crippen molar-refractivity contribution in [3.05, 3.63) is 69.6 Å². The molecule has 0 fully saturated rings. The molecule has 0 aliphatic heterocycles. The van der Waals surface area contributed by atoms with Crippen LogP contribution in [0, 0.1) is 11.6 Å². The van der Waals surface area contributed by atoms with Gasteiger partial charge in [-0.25, -0.2) is 8.78 Å². The molecule has 2 aromatic rings. The standard InChI is InChI=1S/C16H13F5N2O2/c1-9(10-4-5-12(17)13(18)7-10)22-14(24)8-23-6-2-3-11(15(23)25)16(19,20)21/h2-7,9H,8H2,1H3,(H,22,24). The second-order valence-corrected chi connectivity index (χ2v) is 5.32. The minimum atomic E-state index is -4.82. The molecule has 1 amide bonds. The van der Waals surface area contributed by atoms with Gasteiger partial charge in [0, 0.05) is 6.20 Å². The van der Waals surface area contributed by atoms with Gasteiger partial charge in [-0.15, -0.1) is 0 Å². The van der Waals surface area contributed by atoms with Gasteiger partial charge in [-0.05, 0) is 36.8 Å². The zero-order valence-electron chi connectivity index (χ0n) is 12.9. The number of halogens is 5. The average molecular weight is 360 g/mol. The van der Waals surface area contributed by atoms with Crippen molar-refractivity contribution in [2.45, 2.75) is 25.7 Å². The molecule has 2 rings (SSSR count). The van der Waals surface area contributed by atoms with Crippen LogP contribution in [0.4, 0.5) is 22.0 Å². The summed E-state index contributed by atoms with van der Waals surface area (Å²) in [6, 6.07) is 3.96. The lowest BCUT2D eigenvalue weighted by atomic mass is 10.1. The Labute approximate surface area is 138 Å². The summed E-state index contributed by atoms with van der Waals surface area (Å²) in [5.74, 6) is -2.89. The Morgan fingerprint density at radius 1 is 1.20 bits per heavy atom. The van der Waals surface area contributed by atoms with E-state index >= 15 is 0 Å². The molecule has 0 radical (unpaired) electrons. The van der Waals surface area contributed by atoms with Crippen LogP contribution < -0.4 is 10.9 Å². The molecule has 4 nitrogen and oxygen atoms in total. The van der Waals surface area contributed by atoms with Gasteiger partial charge in [0.05, 0.1) is 6.04 Å². The van der Waals surface area contributed by atoms with E-state index in [1.54, 1.807) is 0 Å². The molecule has 25 heavy (non-hydrogen) atoms. The van der Waals surface area contributed by atoms with Crippen molar-refractivity contribution < 1.29 is 26.7 Å². The lowest BCUT2D eigenvalue weighted by Crippen LogP contribution is -2.35. The van der Waals surface area contributed by atoms with Crippen molar-refractivity contribution in [1.82, 2.24) is 9.88 Å². The van der Waals surface area contributed by atoms with Crippen LogP contribution in [0.1, 0.15) is 24.1 Å². The molecular formula is C16H13F5N2O2. The fraction of sp³-hybridized carbons (Fsp3) is 0.250. The molecule has 1 heterocycles. The number of carbonyl (C=O) groups is 1. The Morgan fingerprint density at radius 3 is 2.48 bits per heavy atom. The first-order chi connectivity index (χ1) is 11.6. The maximum absolute atomic E-state index is 13.2. The number of benzene rings is 1. The van der Waals surface area contributed by atoms with Crippen LogP contribution in [0.3, 0.4) is 0 Å². The SMILES string of the molecule is CC(NC(=O)Cn1cccc(C(F)(F)F)c1=O)c1ccc(F)c(F)c1. The van der Waals surface area contributed by atoms with Gasteiger partial charge in [0.25, 0.3) is 5.56 Å². The molecule has 9 heteroatoms. The third kappa shape index (κ3) is 4.43. The van der Waals surface area contributed by atoms with E-state index in [2.05, 4.69) is 5.32 Å². The highest BCUT2D eigenvalue weighted by molar-refractivity contribution is 5.76. The molecule has 1 aromatic heterocycles. The fourth-order valence-corrected chi connectivity index (χ4v) is 2.18. The quantitative estimate of drug-likeness (QED) is 0.853. The zero-order valence-corrected chi connectivity index (χ0v) is 12.9. The molecule has 1 aromatic carbocycles. The van der Waals surface area contributed by atoms with Crippen LogP contribution >= 0.6 is 0 Å².